The first-order chi connectivity index (χ1) is 7.75. The van der Waals surface area contributed by atoms with Gasteiger partial charge in [-0.2, -0.15) is 0 Å². The maximum absolute atomic E-state index is 12.1. The summed E-state index contributed by atoms with van der Waals surface area (Å²) >= 11 is 0. The van der Waals surface area contributed by atoms with Gasteiger partial charge in [-0.3, -0.25) is 4.79 Å². The quantitative estimate of drug-likeness (QED) is 0.623. The summed E-state index contributed by atoms with van der Waals surface area (Å²) < 4.78 is 15.9. The molecule has 94 valence electrons. The molecule has 1 rings (SSSR count). The SMILES string of the molecule is CCOC1(C(=O)CCCOC)CCOCC1. The van der Waals surface area contributed by atoms with Crippen LogP contribution in [-0.4, -0.2) is 44.9 Å². The lowest BCUT2D eigenvalue weighted by Gasteiger charge is -2.35. The van der Waals surface area contributed by atoms with Crippen molar-refractivity contribution in [3.8, 4) is 0 Å². The van der Waals surface area contributed by atoms with Gasteiger partial charge in [0.1, 0.15) is 5.60 Å². The smallest absolute Gasteiger partial charge is 0.164 e. The van der Waals surface area contributed by atoms with Gasteiger partial charge in [-0.05, 0) is 13.3 Å². The summed E-state index contributed by atoms with van der Waals surface area (Å²) in [5.74, 6) is 0.203. The van der Waals surface area contributed by atoms with E-state index in [9.17, 15) is 4.79 Å². The minimum Gasteiger partial charge on any atom is -0.385 e. The number of Topliss-reactive ketones (excluding diaryl/α,β-unsaturated/α-hetero) is 1. The largest absolute Gasteiger partial charge is 0.385 e. The first kappa shape index (κ1) is 13.6. The number of carbonyl (C=O) groups excluding carboxylic acids is 1. The van der Waals surface area contributed by atoms with Crippen molar-refractivity contribution in [2.45, 2.75) is 38.2 Å². The third-order valence-corrected chi connectivity index (χ3v) is 2.98. The lowest BCUT2D eigenvalue weighted by atomic mass is 9.87. The highest BCUT2D eigenvalue weighted by Gasteiger charge is 2.39. The third-order valence-electron chi connectivity index (χ3n) is 2.98. The third kappa shape index (κ3) is 3.54. The molecule has 4 nitrogen and oxygen atoms in total. The highest BCUT2D eigenvalue weighted by molar-refractivity contribution is 5.87. The molecule has 0 unspecified atom stereocenters. The van der Waals surface area contributed by atoms with Gasteiger partial charge in [-0.25, -0.2) is 0 Å². The lowest BCUT2D eigenvalue weighted by molar-refractivity contribution is -0.157. The molecular weight excluding hydrogens is 208 g/mol. The summed E-state index contributed by atoms with van der Waals surface area (Å²) in [4.78, 5) is 12.1. The first-order valence-electron chi connectivity index (χ1n) is 5.99. The van der Waals surface area contributed by atoms with Crippen molar-refractivity contribution in [2.24, 2.45) is 0 Å². The highest BCUT2D eigenvalue weighted by atomic mass is 16.5. The minimum absolute atomic E-state index is 0.203. The topological polar surface area (TPSA) is 44.8 Å². The average molecular weight is 230 g/mol. The predicted molar refractivity (Wildman–Crippen MR) is 60.5 cm³/mol. The van der Waals surface area contributed by atoms with Crippen LogP contribution in [0.25, 0.3) is 0 Å². The zero-order valence-corrected chi connectivity index (χ0v) is 10.3. The van der Waals surface area contributed by atoms with Crippen LogP contribution in [0.3, 0.4) is 0 Å². The zero-order chi connectivity index (χ0) is 11.9. The van der Waals surface area contributed by atoms with Crippen molar-refractivity contribution in [3.05, 3.63) is 0 Å². The van der Waals surface area contributed by atoms with Crippen LogP contribution in [0.2, 0.25) is 0 Å². The predicted octanol–water partition coefficient (Wildman–Crippen LogP) is 1.57. The molecule has 0 aromatic rings. The molecule has 0 saturated carbocycles. The number of rotatable bonds is 7. The Labute approximate surface area is 97.2 Å². The Morgan fingerprint density at radius 1 is 1.38 bits per heavy atom. The van der Waals surface area contributed by atoms with E-state index < -0.39 is 5.60 Å². The Kier molecular flexibility index (Phi) is 5.95. The van der Waals surface area contributed by atoms with Crippen molar-refractivity contribution < 1.29 is 19.0 Å². The van der Waals surface area contributed by atoms with Gasteiger partial charge in [0.15, 0.2) is 5.78 Å². The van der Waals surface area contributed by atoms with E-state index >= 15 is 0 Å². The average Bonchev–Trinajstić information content (AvgIpc) is 2.31. The second-order valence-corrected chi connectivity index (χ2v) is 4.06. The van der Waals surface area contributed by atoms with E-state index in [0.29, 0.717) is 45.7 Å². The molecule has 1 aliphatic heterocycles. The van der Waals surface area contributed by atoms with E-state index in [2.05, 4.69) is 0 Å². The van der Waals surface area contributed by atoms with E-state index in [1.807, 2.05) is 6.92 Å². The van der Waals surface area contributed by atoms with E-state index in [0.717, 1.165) is 6.42 Å². The summed E-state index contributed by atoms with van der Waals surface area (Å²) in [6, 6.07) is 0. The van der Waals surface area contributed by atoms with Gasteiger partial charge in [-0.15, -0.1) is 0 Å². The van der Waals surface area contributed by atoms with Crippen molar-refractivity contribution in [1.82, 2.24) is 0 Å². The molecular formula is C12H22O4. The zero-order valence-electron chi connectivity index (χ0n) is 10.3. The van der Waals surface area contributed by atoms with Crippen LogP contribution in [0, 0.1) is 0 Å². The fourth-order valence-corrected chi connectivity index (χ4v) is 2.09. The molecule has 0 aromatic heterocycles. The standard InChI is InChI=1S/C12H22O4/c1-3-16-12(6-9-15-10-7-12)11(13)5-4-8-14-2/h3-10H2,1-2H3. The molecule has 1 saturated heterocycles. The van der Waals surface area contributed by atoms with E-state index in [-0.39, 0.29) is 5.78 Å². The van der Waals surface area contributed by atoms with Crippen molar-refractivity contribution in [3.63, 3.8) is 0 Å². The Hall–Kier alpha value is -0.450. The lowest BCUT2D eigenvalue weighted by Crippen LogP contribution is -2.46. The Balaban J connectivity index is 2.50. The molecule has 0 N–H and O–H groups in total. The fraction of sp³-hybridized carbons (Fsp3) is 0.917. The Bertz CT molecular complexity index is 204. The second-order valence-electron chi connectivity index (χ2n) is 4.06. The molecule has 0 bridgehead atoms. The normalized spacial score (nSPS) is 19.6. The Morgan fingerprint density at radius 3 is 2.62 bits per heavy atom. The molecule has 0 radical (unpaired) electrons. The highest BCUT2D eigenvalue weighted by Crippen LogP contribution is 2.27. The molecule has 0 spiro atoms. The van der Waals surface area contributed by atoms with Crippen molar-refractivity contribution in [2.75, 3.05) is 33.5 Å². The van der Waals surface area contributed by atoms with E-state index in [1.165, 1.54) is 0 Å². The number of carbonyl (C=O) groups is 1. The van der Waals surface area contributed by atoms with Crippen LogP contribution in [-0.2, 0) is 19.0 Å². The number of hydrogen-bond donors (Lipinski definition) is 0. The number of ketones is 1. The summed E-state index contributed by atoms with van der Waals surface area (Å²) in [6.45, 7) is 4.38. The van der Waals surface area contributed by atoms with Gasteiger partial charge in [0.05, 0.1) is 0 Å². The summed E-state index contributed by atoms with van der Waals surface area (Å²) in [5.41, 5.74) is -0.583. The molecule has 0 atom stereocenters. The van der Waals surface area contributed by atoms with Crippen molar-refractivity contribution >= 4 is 5.78 Å². The number of methoxy groups -OCH3 is 1. The fourth-order valence-electron chi connectivity index (χ4n) is 2.09. The van der Waals surface area contributed by atoms with Gasteiger partial charge in [-0.1, -0.05) is 0 Å². The summed E-state index contributed by atoms with van der Waals surface area (Å²) in [6.07, 6.45) is 2.68. The number of ether oxygens (including phenoxy) is 3. The molecule has 4 heteroatoms. The summed E-state index contributed by atoms with van der Waals surface area (Å²) in [5, 5.41) is 0. The monoisotopic (exact) mass is 230 g/mol. The van der Waals surface area contributed by atoms with Crippen LogP contribution in [0.15, 0.2) is 0 Å². The summed E-state index contributed by atoms with van der Waals surface area (Å²) in [7, 11) is 1.65. The van der Waals surface area contributed by atoms with E-state index in [1.54, 1.807) is 7.11 Å². The maximum Gasteiger partial charge on any atom is 0.164 e. The molecule has 1 aliphatic rings. The van der Waals surface area contributed by atoms with E-state index in [4.69, 9.17) is 14.2 Å². The molecule has 16 heavy (non-hydrogen) atoms. The van der Waals surface area contributed by atoms with Gasteiger partial charge < -0.3 is 14.2 Å². The molecule has 0 aliphatic carbocycles. The van der Waals surface area contributed by atoms with Crippen LogP contribution >= 0.6 is 0 Å². The van der Waals surface area contributed by atoms with Crippen LogP contribution in [0.5, 0.6) is 0 Å². The van der Waals surface area contributed by atoms with Gasteiger partial charge in [0, 0.05) is 52.8 Å². The molecule has 1 fully saturated rings. The Morgan fingerprint density at radius 2 is 2.06 bits per heavy atom. The van der Waals surface area contributed by atoms with Crippen LogP contribution in [0.4, 0.5) is 0 Å². The molecule has 0 aromatic carbocycles. The van der Waals surface area contributed by atoms with Crippen molar-refractivity contribution in [1.29, 1.82) is 0 Å². The van der Waals surface area contributed by atoms with Gasteiger partial charge in [0.25, 0.3) is 0 Å². The maximum atomic E-state index is 12.1. The van der Waals surface area contributed by atoms with Crippen LogP contribution < -0.4 is 0 Å². The van der Waals surface area contributed by atoms with Crippen LogP contribution in [0.1, 0.15) is 32.6 Å². The van der Waals surface area contributed by atoms with Gasteiger partial charge in [0.2, 0.25) is 0 Å². The second kappa shape index (κ2) is 6.99. The molecule has 0 amide bonds. The number of hydrogen-bond acceptors (Lipinski definition) is 4. The van der Waals surface area contributed by atoms with Gasteiger partial charge >= 0.3 is 0 Å². The first-order valence-corrected chi connectivity index (χ1v) is 5.99. The molecule has 1 heterocycles. The minimum atomic E-state index is -0.583.